The Morgan fingerprint density at radius 2 is 1.81 bits per heavy atom. The molecule has 0 aliphatic carbocycles. The molecule has 0 aliphatic rings. The van der Waals surface area contributed by atoms with Gasteiger partial charge in [-0.1, -0.05) is 23.5 Å². The maximum Gasteiger partial charge on any atom is 0.308 e. The minimum Gasteiger partial charge on any atom is -0.493 e. The van der Waals surface area contributed by atoms with E-state index in [9.17, 15) is 4.79 Å². The predicted octanol–water partition coefficient (Wildman–Crippen LogP) is 3.12. The molecule has 0 radical (unpaired) electrons. The first-order chi connectivity index (χ1) is 13.0. The lowest BCUT2D eigenvalue weighted by atomic mass is 10.2. The molecule has 0 aliphatic heterocycles. The zero-order chi connectivity index (χ0) is 19.4. The number of carbonyl (C=O) groups is 1. The Hall–Kier alpha value is -3.13. The molecule has 0 unspecified atom stereocenters. The number of hydrogen-bond acceptors (Lipinski definition) is 7. The van der Waals surface area contributed by atoms with Crippen LogP contribution in [-0.4, -0.2) is 31.0 Å². The summed E-state index contributed by atoms with van der Waals surface area (Å²) in [5.74, 6) is 0.523. The van der Waals surface area contributed by atoms with Crippen molar-refractivity contribution in [2.45, 2.75) is 6.92 Å². The fourth-order valence-corrected chi connectivity index (χ4v) is 3.52. The van der Waals surface area contributed by atoms with Gasteiger partial charge in [0, 0.05) is 19.5 Å². The van der Waals surface area contributed by atoms with Crippen LogP contribution >= 0.6 is 11.3 Å². The van der Waals surface area contributed by atoms with E-state index in [1.54, 1.807) is 29.7 Å². The van der Waals surface area contributed by atoms with Crippen molar-refractivity contribution in [3.05, 3.63) is 46.8 Å². The molecule has 27 heavy (non-hydrogen) atoms. The minimum absolute atomic E-state index is 0.234. The van der Waals surface area contributed by atoms with Gasteiger partial charge in [-0.3, -0.25) is 4.79 Å². The lowest BCUT2D eigenvalue weighted by Gasteiger charge is -2.12. The Balaban J connectivity index is 1.96. The average Bonchev–Trinajstić information content (AvgIpc) is 2.98. The highest BCUT2D eigenvalue weighted by Crippen LogP contribution is 2.38. The summed E-state index contributed by atoms with van der Waals surface area (Å²) in [6.07, 6.45) is 1.59. The number of fused-ring (bicyclic) bond motifs is 1. The first-order valence-corrected chi connectivity index (χ1v) is 8.91. The maximum atomic E-state index is 11.3. The number of esters is 1. The second-order valence-corrected chi connectivity index (χ2v) is 6.61. The van der Waals surface area contributed by atoms with Crippen molar-refractivity contribution in [1.82, 2.24) is 4.57 Å². The summed E-state index contributed by atoms with van der Waals surface area (Å²) in [5, 5.41) is 8.48. The number of carbonyl (C=O) groups excluding carboxylic acids is 1. The molecule has 0 fully saturated rings. The van der Waals surface area contributed by atoms with E-state index in [0.717, 1.165) is 15.0 Å². The van der Waals surface area contributed by atoms with Crippen molar-refractivity contribution in [3.63, 3.8) is 0 Å². The van der Waals surface area contributed by atoms with Gasteiger partial charge in [-0.15, -0.1) is 5.10 Å². The predicted molar refractivity (Wildman–Crippen MR) is 105 cm³/mol. The van der Waals surface area contributed by atoms with Crippen LogP contribution in [-0.2, 0) is 11.8 Å². The normalized spacial score (nSPS) is 11.9. The minimum atomic E-state index is -0.458. The Labute approximate surface area is 160 Å². The van der Waals surface area contributed by atoms with Gasteiger partial charge >= 0.3 is 5.97 Å². The van der Waals surface area contributed by atoms with Crippen LogP contribution in [0.5, 0.6) is 17.2 Å². The monoisotopic (exact) mass is 385 g/mol. The molecule has 0 saturated carbocycles. The number of benzene rings is 2. The van der Waals surface area contributed by atoms with Crippen LogP contribution in [0, 0.1) is 0 Å². The Morgan fingerprint density at radius 1 is 1.15 bits per heavy atom. The van der Waals surface area contributed by atoms with Gasteiger partial charge < -0.3 is 18.8 Å². The largest absolute Gasteiger partial charge is 0.493 e. The number of para-hydroxylation sites is 1. The third-order valence-corrected chi connectivity index (χ3v) is 4.90. The van der Waals surface area contributed by atoms with Gasteiger partial charge in [0.05, 0.1) is 30.7 Å². The second kappa shape index (κ2) is 8.05. The zero-order valence-electron chi connectivity index (χ0n) is 15.4. The lowest BCUT2D eigenvalue weighted by Crippen LogP contribution is -2.09. The molecule has 7 nitrogen and oxygen atoms in total. The van der Waals surface area contributed by atoms with Gasteiger partial charge in [0.1, 0.15) is 0 Å². The van der Waals surface area contributed by atoms with Crippen LogP contribution in [0.25, 0.3) is 10.2 Å². The summed E-state index contributed by atoms with van der Waals surface area (Å²) in [6.45, 7) is 1.32. The highest BCUT2D eigenvalue weighted by molar-refractivity contribution is 7.16. The van der Waals surface area contributed by atoms with Crippen molar-refractivity contribution in [2.24, 2.45) is 17.3 Å². The first-order valence-electron chi connectivity index (χ1n) is 8.09. The summed E-state index contributed by atoms with van der Waals surface area (Å²) in [7, 11) is 4.93. The molecular formula is C19H19N3O4S. The molecular weight excluding hydrogens is 366 g/mol. The Bertz CT molecular complexity index is 1060. The molecule has 3 rings (SSSR count). The van der Waals surface area contributed by atoms with Gasteiger partial charge in [-0.05, 0) is 24.3 Å². The molecule has 2 aromatic carbocycles. The Morgan fingerprint density at radius 3 is 2.41 bits per heavy atom. The smallest absolute Gasteiger partial charge is 0.308 e. The number of hydrogen-bond donors (Lipinski definition) is 0. The molecule has 1 aromatic heterocycles. The van der Waals surface area contributed by atoms with Crippen LogP contribution in [0.4, 0.5) is 0 Å². The zero-order valence-corrected chi connectivity index (χ0v) is 16.2. The topological polar surface area (TPSA) is 74.4 Å². The molecule has 0 atom stereocenters. The highest BCUT2D eigenvalue weighted by Gasteiger charge is 2.15. The summed E-state index contributed by atoms with van der Waals surface area (Å²) in [5.41, 5.74) is 1.80. The standard InChI is InChI=1S/C19H19N3O4S/c1-12(23)26-18-15(24-3)9-13(10-16(18)25-4)11-20-21-19-22(2)14-7-5-6-8-17(14)27-19/h5-11H,1-4H3/b20-11+,21-19+. The molecule has 1 heterocycles. The van der Waals surface area contributed by atoms with Crippen LogP contribution in [0.3, 0.4) is 0 Å². The van der Waals surface area contributed by atoms with Gasteiger partial charge in [0.15, 0.2) is 11.5 Å². The molecule has 0 amide bonds. The number of nitrogens with zero attached hydrogens (tertiary/aromatic N) is 3. The molecule has 0 spiro atoms. The molecule has 0 saturated heterocycles. The molecule has 0 N–H and O–H groups in total. The van der Waals surface area contributed by atoms with Crippen LogP contribution < -0.4 is 19.0 Å². The van der Waals surface area contributed by atoms with E-state index < -0.39 is 5.97 Å². The van der Waals surface area contributed by atoms with Crippen molar-refractivity contribution < 1.29 is 19.0 Å². The van der Waals surface area contributed by atoms with Crippen molar-refractivity contribution in [3.8, 4) is 17.2 Å². The maximum absolute atomic E-state index is 11.3. The first kappa shape index (κ1) is 18.7. The van der Waals surface area contributed by atoms with Gasteiger partial charge in [-0.2, -0.15) is 5.10 Å². The fraction of sp³-hybridized carbons (Fsp3) is 0.211. The van der Waals surface area contributed by atoms with E-state index in [1.807, 2.05) is 35.9 Å². The van der Waals surface area contributed by atoms with Gasteiger partial charge in [0.2, 0.25) is 10.6 Å². The molecule has 8 heteroatoms. The van der Waals surface area contributed by atoms with Crippen molar-refractivity contribution in [2.75, 3.05) is 14.2 Å². The van der Waals surface area contributed by atoms with Crippen molar-refractivity contribution in [1.29, 1.82) is 0 Å². The molecule has 140 valence electrons. The summed E-state index contributed by atoms with van der Waals surface area (Å²) in [6, 6.07) is 11.5. The third kappa shape index (κ3) is 4.01. The van der Waals surface area contributed by atoms with Crippen LogP contribution in [0.2, 0.25) is 0 Å². The second-order valence-electron chi connectivity index (χ2n) is 5.60. The van der Waals surface area contributed by atoms with Gasteiger partial charge in [0.25, 0.3) is 0 Å². The number of aryl methyl sites for hydroxylation is 1. The van der Waals surface area contributed by atoms with E-state index in [4.69, 9.17) is 14.2 Å². The summed E-state index contributed by atoms with van der Waals surface area (Å²) in [4.78, 5) is 12.1. The average molecular weight is 385 g/mol. The summed E-state index contributed by atoms with van der Waals surface area (Å²) < 4.78 is 18.9. The van der Waals surface area contributed by atoms with E-state index >= 15 is 0 Å². The lowest BCUT2D eigenvalue weighted by molar-refractivity contribution is -0.132. The van der Waals surface area contributed by atoms with E-state index in [0.29, 0.717) is 17.1 Å². The van der Waals surface area contributed by atoms with E-state index in [1.165, 1.54) is 21.1 Å². The fourth-order valence-electron chi connectivity index (χ4n) is 2.54. The van der Waals surface area contributed by atoms with Crippen molar-refractivity contribution >= 4 is 33.7 Å². The SMILES string of the molecule is COc1cc(/C=N/N=c2/sc3ccccc3n2C)cc(OC)c1OC(C)=O. The number of rotatable bonds is 5. The number of methoxy groups -OCH3 is 2. The van der Waals surface area contributed by atoms with Crippen LogP contribution in [0.1, 0.15) is 12.5 Å². The van der Waals surface area contributed by atoms with E-state index in [2.05, 4.69) is 10.2 Å². The third-order valence-electron chi connectivity index (χ3n) is 3.79. The summed E-state index contributed by atoms with van der Waals surface area (Å²) >= 11 is 1.56. The number of aromatic nitrogens is 1. The highest BCUT2D eigenvalue weighted by atomic mass is 32.1. The quantitative estimate of drug-likeness (QED) is 0.293. The van der Waals surface area contributed by atoms with Crippen LogP contribution in [0.15, 0.2) is 46.6 Å². The number of thiazole rings is 1. The molecule has 3 aromatic rings. The Kier molecular flexibility index (Phi) is 5.56. The molecule has 0 bridgehead atoms. The van der Waals surface area contributed by atoms with Gasteiger partial charge in [-0.25, -0.2) is 0 Å². The van der Waals surface area contributed by atoms with E-state index in [-0.39, 0.29) is 5.75 Å². The number of ether oxygens (including phenoxy) is 3.